The number of aromatic amines is 1. The van der Waals surface area contributed by atoms with E-state index in [1.807, 2.05) is 18.4 Å². The molecule has 0 atom stereocenters. The van der Waals surface area contributed by atoms with Gasteiger partial charge < -0.3 is 5.32 Å². The number of aryl methyl sites for hydroxylation is 1. The number of rotatable bonds is 4. The molecule has 0 saturated carbocycles. The van der Waals surface area contributed by atoms with Crippen LogP contribution < -0.4 is 5.32 Å². The van der Waals surface area contributed by atoms with Crippen LogP contribution in [0.25, 0.3) is 10.6 Å². The van der Waals surface area contributed by atoms with Gasteiger partial charge in [-0.15, -0.1) is 11.3 Å². The van der Waals surface area contributed by atoms with Gasteiger partial charge in [0.25, 0.3) is 0 Å². The maximum atomic E-state index is 8.69. The first-order valence-electron chi connectivity index (χ1n) is 5.82. The van der Waals surface area contributed by atoms with E-state index in [1.54, 1.807) is 6.20 Å². The fraction of sp³-hybridized carbons (Fsp3) is 0.167. The largest absolute Gasteiger partial charge is 0.317 e. The minimum Gasteiger partial charge on any atom is -0.317 e. The third-order valence-electron chi connectivity index (χ3n) is 2.55. The van der Waals surface area contributed by atoms with Crippen molar-refractivity contribution in [1.29, 1.82) is 5.26 Å². The zero-order valence-corrected chi connectivity index (χ0v) is 12.2. The highest BCUT2D eigenvalue weighted by atomic mass is 32.1. The number of aromatic nitrogens is 4. The predicted octanol–water partition coefficient (Wildman–Crippen LogP) is 3.11. The quantitative estimate of drug-likeness (QED) is 0.772. The standard InChI is InChI=1S/C12H10N6S2/c1-7-11(8-6-19-10(16-8)2-4-13)20-12(15-7)17-9-3-5-14-18-9/h3,5-6H,2H2,1H3,(H2,14,15,17,18). The Morgan fingerprint density at radius 1 is 1.45 bits per heavy atom. The van der Waals surface area contributed by atoms with E-state index in [2.05, 4.69) is 31.6 Å². The molecule has 2 N–H and O–H groups in total. The zero-order valence-electron chi connectivity index (χ0n) is 10.5. The Kier molecular flexibility index (Phi) is 3.45. The van der Waals surface area contributed by atoms with Gasteiger partial charge in [0, 0.05) is 11.4 Å². The summed E-state index contributed by atoms with van der Waals surface area (Å²) < 4.78 is 0. The molecule has 0 bridgehead atoms. The van der Waals surface area contributed by atoms with Crippen molar-refractivity contribution in [2.45, 2.75) is 13.3 Å². The van der Waals surface area contributed by atoms with Gasteiger partial charge in [-0.25, -0.2) is 9.97 Å². The van der Waals surface area contributed by atoms with Crippen LogP contribution in [-0.4, -0.2) is 20.2 Å². The minimum atomic E-state index is 0.349. The molecule has 20 heavy (non-hydrogen) atoms. The van der Waals surface area contributed by atoms with Crippen molar-refractivity contribution in [3.05, 3.63) is 28.3 Å². The molecule has 0 aromatic carbocycles. The van der Waals surface area contributed by atoms with Gasteiger partial charge >= 0.3 is 0 Å². The molecule has 0 amide bonds. The zero-order chi connectivity index (χ0) is 13.9. The van der Waals surface area contributed by atoms with Crippen molar-refractivity contribution in [2.24, 2.45) is 0 Å². The van der Waals surface area contributed by atoms with Crippen molar-refractivity contribution in [3.63, 3.8) is 0 Å². The Morgan fingerprint density at radius 2 is 2.35 bits per heavy atom. The van der Waals surface area contributed by atoms with Gasteiger partial charge in [0.15, 0.2) is 5.13 Å². The van der Waals surface area contributed by atoms with Crippen LogP contribution in [0.2, 0.25) is 0 Å². The second kappa shape index (κ2) is 5.40. The smallest absolute Gasteiger partial charge is 0.189 e. The molecule has 3 aromatic rings. The molecule has 0 saturated heterocycles. The lowest BCUT2D eigenvalue weighted by Crippen LogP contribution is -1.89. The van der Waals surface area contributed by atoms with Crippen LogP contribution in [0.3, 0.4) is 0 Å². The van der Waals surface area contributed by atoms with Crippen molar-refractivity contribution < 1.29 is 0 Å². The highest BCUT2D eigenvalue weighted by molar-refractivity contribution is 7.19. The lowest BCUT2D eigenvalue weighted by atomic mass is 10.3. The van der Waals surface area contributed by atoms with Gasteiger partial charge in [-0.2, -0.15) is 10.4 Å². The van der Waals surface area contributed by atoms with E-state index in [1.165, 1.54) is 22.7 Å². The summed E-state index contributed by atoms with van der Waals surface area (Å²) in [6, 6.07) is 3.95. The van der Waals surface area contributed by atoms with E-state index < -0.39 is 0 Å². The number of nitriles is 1. The fourth-order valence-corrected chi connectivity index (χ4v) is 3.42. The Labute approximate surface area is 123 Å². The first kappa shape index (κ1) is 12.8. The summed E-state index contributed by atoms with van der Waals surface area (Å²) in [5, 5.41) is 22.1. The van der Waals surface area contributed by atoms with Gasteiger partial charge in [-0.3, -0.25) is 5.10 Å². The van der Waals surface area contributed by atoms with E-state index >= 15 is 0 Å². The Bertz CT molecular complexity index is 749. The summed E-state index contributed by atoms with van der Waals surface area (Å²) in [5.74, 6) is 0.800. The van der Waals surface area contributed by atoms with Gasteiger partial charge in [0.1, 0.15) is 10.8 Å². The molecule has 3 rings (SSSR count). The molecule has 3 aromatic heterocycles. The monoisotopic (exact) mass is 302 g/mol. The lowest BCUT2D eigenvalue weighted by molar-refractivity contribution is 1.09. The summed E-state index contributed by atoms with van der Waals surface area (Å²) in [7, 11) is 0. The van der Waals surface area contributed by atoms with Gasteiger partial charge in [0.2, 0.25) is 0 Å². The van der Waals surface area contributed by atoms with E-state index in [0.717, 1.165) is 32.2 Å². The number of nitrogens with zero attached hydrogens (tertiary/aromatic N) is 4. The average Bonchev–Trinajstić information content (AvgIpc) is 3.12. The molecule has 0 radical (unpaired) electrons. The number of anilines is 2. The molecule has 0 unspecified atom stereocenters. The summed E-state index contributed by atoms with van der Waals surface area (Å²) in [5.41, 5.74) is 1.80. The van der Waals surface area contributed by atoms with Crippen LogP contribution in [0.5, 0.6) is 0 Å². The molecule has 0 fully saturated rings. The first-order chi connectivity index (χ1) is 9.76. The Balaban J connectivity index is 1.86. The molecule has 0 aliphatic carbocycles. The van der Waals surface area contributed by atoms with Crippen LogP contribution in [-0.2, 0) is 6.42 Å². The molecule has 6 nitrogen and oxygen atoms in total. The second-order valence-corrected chi connectivity index (χ2v) is 5.93. The average molecular weight is 302 g/mol. The third kappa shape index (κ3) is 2.54. The number of H-pyrrole nitrogens is 1. The fourth-order valence-electron chi connectivity index (χ4n) is 1.69. The molecular formula is C12H10N6S2. The van der Waals surface area contributed by atoms with Crippen LogP contribution >= 0.6 is 22.7 Å². The molecule has 100 valence electrons. The predicted molar refractivity (Wildman–Crippen MR) is 79.1 cm³/mol. The first-order valence-corrected chi connectivity index (χ1v) is 7.51. The van der Waals surface area contributed by atoms with Crippen molar-refractivity contribution in [1.82, 2.24) is 20.2 Å². The summed E-state index contributed by atoms with van der Waals surface area (Å²) in [6.45, 7) is 1.95. The third-order valence-corrected chi connectivity index (χ3v) is 4.50. The van der Waals surface area contributed by atoms with Crippen molar-refractivity contribution in [3.8, 4) is 16.6 Å². The van der Waals surface area contributed by atoms with Crippen LogP contribution in [0, 0.1) is 18.3 Å². The minimum absolute atomic E-state index is 0.349. The lowest BCUT2D eigenvalue weighted by Gasteiger charge is -1.95. The Morgan fingerprint density at radius 3 is 3.10 bits per heavy atom. The highest BCUT2D eigenvalue weighted by Crippen LogP contribution is 2.34. The van der Waals surface area contributed by atoms with E-state index in [-0.39, 0.29) is 0 Å². The van der Waals surface area contributed by atoms with E-state index in [0.29, 0.717) is 6.42 Å². The van der Waals surface area contributed by atoms with E-state index in [4.69, 9.17) is 5.26 Å². The SMILES string of the molecule is Cc1nc(Nc2ccn[nH]2)sc1-c1csc(CC#N)n1. The highest BCUT2D eigenvalue weighted by Gasteiger charge is 2.13. The van der Waals surface area contributed by atoms with Crippen LogP contribution in [0.1, 0.15) is 10.7 Å². The number of hydrogen-bond acceptors (Lipinski definition) is 7. The number of thiazole rings is 2. The maximum Gasteiger partial charge on any atom is 0.189 e. The Hall–Kier alpha value is -2.24. The second-order valence-electron chi connectivity index (χ2n) is 3.99. The van der Waals surface area contributed by atoms with Crippen LogP contribution in [0.15, 0.2) is 17.6 Å². The molecular weight excluding hydrogens is 292 g/mol. The molecule has 0 aliphatic heterocycles. The topological polar surface area (TPSA) is 90.3 Å². The maximum absolute atomic E-state index is 8.69. The van der Waals surface area contributed by atoms with Gasteiger partial charge in [-0.05, 0) is 6.92 Å². The molecule has 0 aliphatic rings. The van der Waals surface area contributed by atoms with Crippen LogP contribution in [0.4, 0.5) is 10.9 Å². The van der Waals surface area contributed by atoms with Crippen molar-refractivity contribution in [2.75, 3.05) is 5.32 Å². The number of nitrogens with one attached hydrogen (secondary N) is 2. The molecule has 3 heterocycles. The summed E-state index contributed by atoms with van der Waals surface area (Å²) >= 11 is 3.03. The van der Waals surface area contributed by atoms with Crippen molar-refractivity contribution >= 4 is 33.6 Å². The van der Waals surface area contributed by atoms with E-state index in [9.17, 15) is 0 Å². The molecule has 0 spiro atoms. The van der Waals surface area contributed by atoms with Gasteiger partial charge in [0.05, 0.1) is 35.0 Å². The summed E-state index contributed by atoms with van der Waals surface area (Å²) in [4.78, 5) is 9.96. The summed E-state index contributed by atoms with van der Waals surface area (Å²) in [6.07, 6.45) is 2.03. The van der Waals surface area contributed by atoms with Gasteiger partial charge in [-0.1, -0.05) is 11.3 Å². The molecule has 8 heteroatoms. The normalized spacial score (nSPS) is 10.4. The number of hydrogen-bond donors (Lipinski definition) is 2.